The summed E-state index contributed by atoms with van der Waals surface area (Å²) in [5.74, 6) is 0.428. The van der Waals surface area contributed by atoms with E-state index in [2.05, 4.69) is 15.6 Å². The van der Waals surface area contributed by atoms with Crippen LogP contribution in [0.3, 0.4) is 0 Å². The Morgan fingerprint density at radius 1 is 1.53 bits per heavy atom. The lowest BCUT2D eigenvalue weighted by atomic mass is 10.4. The fourth-order valence-corrected chi connectivity index (χ4v) is 1.96. The van der Waals surface area contributed by atoms with Gasteiger partial charge in [0.05, 0.1) is 4.88 Å². The van der Waals surface area contributed by atoms with Crippen LogP contribution in [0.25, 0.3) is 0 Å². The first-order valence-corrected chi connectivity index (χ1v) is 6.85. The summed E-state index contributed by atoms with van der Waals surface area (Å²) < 4.78 is 0. The topological polar surface area (TPSA) is 79.5 Å². The summed E-state index contributed by atoms with van der Waals surface area (Å²) in [6.45, 7) is 5.22. The quantitative estimate of drug-likeness (QED) is 0.297. The minimum absolute atomic E-state index is 0. The second-order valence-electron chi connectivity index (χ2n) is 4.15. The van der Waals surface area contributed by atoms with Gasteiger partial charge in [-0.2, -0.15) is 0 Å². The molecule has 0 saturated heterocycles. The van der Waals surface area contributed by atoms with Gasteiger partial charge in [-0.3, -0.25) is 9.79 Å². The number of carbonyl (C=O) groups excluding carboxylic acids is 1. The van der Waals surface area contributed by atoms with E-state index in [4.69, 9.17) is 5.73 Å². The second kappa shape index (κ2) is 10.0. The van der Waals surface area contributed by atoms with Crippen LogP contribution in [0.4, 0.5) is 0 Å². The van der Waals surface area contributed by atoms with Gasteiger partial charge in [-0.25, -0.2) is 0 Å². The van der Waals surface area contributed by atoms with Gasteiger partial charge in [0, 0.05) is 19.1 Å². The fourth-order valence-electron chi connectivity index (χ4n) is 1.32. The molecule has 5 nitrogen and oxygen atoms in total. The molecule has 1 heterocycles. The number of nitrogens with one attached hydrogen (secondary N) is 2. The van der Waals surface area contributed by atoms with Gasteiger partial charge < -0.3 is 16.4 Å². The van der Waals surface area contributed by atoms with Crippen molar-refractivity contribution in [2.24, 2.45) is 10.7 Å². The van der Waals surface area contributed by atoms with Gasteiger partial charge in [0.2, 0.25) is 0 Å². The Bertz CT molecular complexity index is 392. The van der Waals surface area contributed by atoms with Crippen molar-refractivity contribution in [2.75, 3.05) is 13.1 Å². The number of amides is 1. The van der Waals surface area contributed by atoms with Crippen molar-refractivity contribution in [1.82, 2.24) is 10.6 Å². The summed E-state index contributed by atoms with van der Waals surface area (Å²) in [6.07, 6.45) is 0.775. The highest BCUT2D eigenvalue weighted by atomic mass is 127. The van der Waals surface area contributed by atoms with Crippen molar-refractivity contribution < 1.29 is 4.79 Å². The molecule has 0 unspecified atom stereocenters. The predicted octanol–water partition coefficient (Wildman–Crippen LogP) is 1.80. The van der Waals surface area contributed by atoms with E-state index in [0.717, 1.165) is 11.3 Å². The Kier molecular flexibility index (Phi) is 9.58. The van der Waals surface area contributed by atoms with Gasteiger partial charge in [-0.1, -0.05) is 6.07 Å². The van der Waals surface area contributed by atoms with Gasteiger partial charge in [0.15, 0.2) is 5.96 Å². The molecule has 1 rings (SSSR count). The van der Waals surface area contributed by atoms with Gasteiger partial charge in [-0.15, -0.1) is 35.3 Å². The summed E-state index contributed by atoms with van der Waals surface area (Å²) in [4.78, 5) is 16.5. The molecule has 108 valence electrons. The summed E-state index contributed by atoms with van der Waals surface area (Å²) in [7, 11) is 0. The maximum atomic E-state index is 11.6. The third-order valence-corrected chi connectivity index (χ3v) is 2.95. The standard InChI is InChI=1S/C12H20N4OS.HI/c1-9(2)16-12(13)15-7-4-6-14-11(17)10-5-3-8-18-10;/h3,5,8-9H,4,6-7H2,1-2H3,(H,14,17)(H3,13,15,16);1H. The summed E-state index contributed by atoms with van der Waals surface area (Å²) in [5.41, 5.74) is 5.65. The number of rotatable bonds is 6. The number of hydrogen-bond donors (Lipinski definition) is 3. The van der Waals surface area contributed by atoms with Crippen LogP contribution in [0.2, 0.25) is 0 Å². The largest absolute Gasteiger partial charge is 0.370 e. The third-order valence-electron chi connectivity index (χ3n) is 2.08. The molecule has 19 heavy (non-hydrogen) atoms. The minimum Gasteiger partial charge on any atom is -0.370 e. The third kappa shape index (κ3) is 8.04. The molecule has 4 N–H and O–H groups in total. The normalized spacial score (nSPS) is 11.0. The molecule has 0 radical (unpaired) electrons. The maximum Gasteiger partial charge on any atom is 0.261 e. The zero-order chi connectivity index (χ0) is 13.4. The van der Waals surface area contributed by atoms with Crippen LogP contribution >= 0.6 is 35.3 Å². The van der Waals surface area contributed by atoms with E-state index in [-0.39, 0.29) is 35.9 Å². The molecule has 0 saturated carbocycles. The van der Waals surface area contributed by atoms with Gasteiger partial charge >= 0.3 is 0 Å². The van der Waals surface area contributed by atoms with Crippen LogP contribution in [0.15, 0.2) is 22.5 Å². The van der Waals surface area contributed by atoms with Gasteiger partial charge in [0.1, 0.15) is 0 Å². The first-order valence-electron chi connectivity index (χ1n) is 5.97. The van der Waals surface area contributed by atoms with E-state index in [9.17, 15) is 4.79 Å². The number of aliphatic imine (C=N–C) groups is 1. The highest BCUT2D eigenvalue weighted by molar-refractivity contribution is 14.0. The van der Waals surface area contributed by atoms with Crippen LogP contribution < -0.4 is 16.4 Å². The number of thiophene rings is 1. The number of nitrogens with zero attached hydrogens (tertiary/aromatic N) is 1. The molecule has 1 aromatic heterocycles. The molecule has 0 bridgehead atoms. The average molecular weight is 396 g/mol. The Balaban J connectivity index is 0.00000324. The molecular formula is C12H21IN4OS. The van der Waals surface area contributed by atoms with Crippen molar-refractivity contribution >= 4 is 47.2 Å². The molecule has 1 amide bonds. The van der Waals surface area contributed by atoms with E-state index < -0.39 is 0 Å². The summed E-state index contributed by atoms with van der Waals surface area (Å²) >= 11 is 1.44. The van der Waals surface area contributed by atoms with Crippen molar-refractivity contribution in [2.45, 2.75) is 26.3 Å². The lowest BCUT2D eigenvalue weighted by Crippen LogP contribution is -2.37. The molecule has 0 fully saturated rings. The molecular weight excluding hydrogens is 375 g/mol. The Morgan fingerprint density at radius 3 is 2.84 bits per heavy atom. The molecule has 1 aromatic rings. The number of nitrogens with two attached hydrogens (primary N) is 1. The van der Waals surface area contributed by atoms with E-state index in [1.807, 2.05) is 31.4 Å². The van der Waals surface area contributed by atoms with Crippen molar-refractivity contribution in [3.05, 3.63) is 22.4 Å². The SMILES string of the molecule is CC(C)NC(N)=NCCCNC(=O)c1cccs1.I. The van der Waals surface area contributed by atoms with Crippen LogP contribution in [0.5, 0.6) is 0 Å². The zero-order valence-corrected chi connectivity index (χ0v) is 14.3. The van der Waals surface area contributed by atoms with Crippen molar-refractivity contribution in [3.63, 3.8) is 0 Å². The van der Waals surface area contributed by atoms with Gasteiger partial charge in [-0.05, 0) is 31.7 Å². The predicted molar refractivity (Wildman–Crippen MR) is 91.4 cm³/mol. The lowest BCUT2D eigenvalue weighted by Gasteiger charge is -2.08. The average Bonchev–Trinajstić information content (AvgIpc) is 2.80. The molecule has 0 spiro atoms. The molecule has 7 heteroatoms. The van der Waals surface area contributed by atoms with Crippen molar-refractivity contribution in [1.29, 1.82) is 0 Å². The van der Waals surface area contributed by atoms with E-state index in [1.165, 1.54) is 11.3 Å². The second-order valence-corrected chi connectivity index (χ2v) is 5.10. The van der Waals surface area contributed by atoms with E-state index >= 15 is 0 Å². The first-order chi connectivity index (χ1) is 8.59. The van der Waals surface area contributed by atoms with E-state index in [1.54, 1.807) is 0 Å². The number of halogens is 1. The maximum absolute atomic E-state index is 11.6. The number of carbonyl (C=O) groups is 1. The van der Waals surface area contributed by atoms with Gasteiger partial charge in [0.25, 0.3) is 5.91 Å². The minimum atomic E-state index is -0.0257. The molecule has 0 aliphatic carbocycles. The van der Waals surface area contributed by atoms with E-state index in [0.29, 0.717) is 19.0 Å². The molecule has 0 aliphatic rings. The van der Waals surface area contributed by atoms with Crippen LogP contribution in [-0.4, -0.2) is 31.0 Å². The molecule has 0 atom stereocenters. The Morgan fingerprint density at radius 2 is 2.26 bits per heavy atom. The zero-order valence-electron chi connectivity index (χ0n) is 11.2. The smallest absolute Gasteiger partial charge is 0.261 e. The fraction of sp³-hybridized carbons (Fsp3) is 0.500. The number of guanidine groups is 1. The first kappa shape index (κ1) is 18.2. The van der Waals surface area contributed by atoms with Crippen LogP contribution in [-0.2, 0) is 0 Å². The number of hydrogen-bond acceptors (Lipinski definition) is 3. The summed E-state index contributed by atoms with van der Waals surface area (Å²) in [6, 6.07) is 3.96. The van der Waals surface area contributed by atoms with Crippen LogP contribution in [0, 0.1) is 0 Å². The van der Waals surface area contributed by atoms with Crippen LogP contribution in [0.1, 0.15) is 29.9 Å². The summed E-state index contributed by atoms with van der Waals surface area (Å²) in [5, 5.41) is 7.73. The Labute approximate surface area is 135 Å². The Hall–Kier alpha value is -0.830. The highest BCUT2D eigenvalue weighted by Crippen LogP contribution is 2.07. The highest BCUT2D eigenvalue weighted by Gasteiger charge is 2.04. The molecule has 0 aliphatic heterocycles. The molecule has 0 aromatic carbocycles. The van der Waals surface area contributed by atoms with Crippen molar-refractivity contribution in [3.8, 4) is 0 Å². The monoisotopic (exact) mass is 396 g/mol. The lowest BCUT2D eigenvalue weighted by molar-refractivity contribution is 0.0957.